The number of hydrogen-bond donors (Lipinski definition) is 5. The molecular weight excluding hydrogens is 1160 g/mol. The summed E-state index contributed by atoms with van der Waals surface area (Å²) in [7, 11) is -2.98. The lowest BCUT2D eigenvalue weighted by atomic mass is 9.80. The number of aromatic amines is 1. The van der Waals surface area contributed by atoms with Crippen molar-refractivity contribution in [3.8, 4) is 11.6 Å². The van der Waals surface area contributed by atoms with Crippen molar-refractivity contribution in [3.63, 3.8) is 0 Å². The van der Waals surface area contributed by atoms with Crippen LogP contribution in [0.4, 0.5) is 28.6 Å². The fourth-order valence-electron chi connectivity index (χ4n) is 15.3. The molecule has 23 heteroatoms. The van der Waals surface area contributed by atoms with Gasteiger partial charge < -0.3 is 49.5 Å². The molecule has 0 bridgehead atoms. The average molecular weight is 1250 g/mol. The van der Waals surface area contributed by atoms with Crippen molar-refractivity contribution in [2.45, 2.75) is 138 Å². The Morgan fingerprint density at radius 1 is 0.889 bits per heavy atom. The number of rotatable bonds is 17. The Hall–Kier alpha value is -6.96. The Bertz CT molecular complexity index is 3680. The first-order valence-corrected chi connectivity index (χ1v) is 33.9. The van der Waals surface area contributed by atoms with Crippen LogP contribution < -0.4 is 34.6 Å². The Kier molecular flexibility index (Phi) is 18.1. The Morgan fingerprint density at radius 3 is 2.48 bits per heavy atom. The highest BCUT2D eigenvalue weighted by atomic mass is 32.2. The molecule has 1 amide bonds. The second-order valence-electron chi connectivity index (χ2n) is 26.3. The Balaban J connectivity index is 0.853. The number of piperazine rings is 1. The predicted molar refractivity (Wildman–Crippen MR) is 345 cm³/mol. The molecule has 1 aliphatic carbocycles. The first-order valence-electron chi connectivity index (χ1n) is 32.4. The maximum atomic E-state index is 15.3. The van der Waals surface area contributed by atoms with Gasteiger partial charge in [0.05, 0.1) is 59.6 Å². The SMILES string of the molecule is COc1cc(CN2CCN(C3CCN(C4CCNCC4)C(c4ccc(C(=O)NS(=O)(=O)c5ccc(NCC6CCC(C)(O)CC6)c([N+](=O)[O-])c5)c(N5c6cc7cc[nH]c7nc6O[C@H]6COCC[C@@H]65)c4)C3)[C@H](c3ccccc3C(C)C)C2)cnc1N1CCOCC1. The maximum Gasteiger partial charge on any atom is 0.293 e. The number of likely N-dealkylation sites (tertiary alicyclic amines) is 1. The molecule has 13 rings (SSSR count). The minimum absolute atomic E-state index is 0.0858. The summed E-state index contributed by atoms with van der Waals surface area (Å²) in [6.07, 6.45) is 10.4. The van der Waals surface area contributed by atoms with Crippen LogP contribution in [0.5, 0.6) is 11.6 Å². The van der Waals surface area contributed by atoms with Crippen molar-refractivity contribution in [2.24, 2.45) is 5.92 Å². The minimum atomic E-state index is -4.70. The number of carbonyl (C=O) groups is 1. The summed E-state index contributed by atoms with van der Waals surface area (Å²) < 4.78 is 55.9. The van der Waals surface area contributed by atoms with E-state index in [0.717, 1.165) is 132 Å². The highest BCUT2D eigenvalue weighted by Crippen LogP contribution is 2.48. The van der Waals surface area contributed by atoms with Gasteiger partial charge in [0.15, 0.2) is 11.6 Å². The van der Waals surface area contributed by atoms with Crippen molar-refractivity contribution < 1.29 is 42.2 Å². The first kappa shape index (κ1) is 61.9. The molecule has 5 N–H and O–H groups in total. The number of nitro groups is 1. The number of ether oxygens (including phenoxy) is 4. The van der Waals surface area contributed by atoms with Crippen LogP contribution in [0.15, 0.2) is 96.2 Å². The summed E-state index contributed by atoms with van der Waals surface area (Å²) in [6, 6.07) is 24.8. The number of carbonyl (C=O) groups excluding carboxylic acids is 1. The van der Waals surface area contributed by atoms with Crippen LogP contribution >= 0.6 is 0 Å². The van der Waals surface area contributed by atoms with Crippen LogP contribution in [-0.2, 0) is 26.0 Å². The van der Waals surface area contributed by atoms with Gasteiger partial charge in [-0.1, -0.05) is 44.2 Å². The lowest BCUT2D eigenvalue weighted by molar-refractivity contribution is -0.384. The molecule has 3 aromatic carbocycles. The van der Waals surface area contributed by atoms with E-state index in [1.165, 1.54) is 23.3 Å². The third-order valence-corrected chi connectivity index (χ3v) is 21.5. The van der Waals surface area contributed by atoms with Crippen molar-refractivity contribution in [3.05, 3.63) is 129 Å². The number of H-pyrrole nitrogens is 1. The van der Waals surface area contributed by atoms with E-state index in [2.05, 4.69) is 95.1 Å². The number of aromatic nitrogens is 3. The second kappa shape index (κ2) is 26.3. The van der Waals surface area contributed by atoms with Gasteiger partial charge in [0.2, 0.25) is 5.88 Å². The normalized spacial score (nSPS) is 25.8. The zero-order chi connectivity index (χ0) is 62.3. The quantitative estimate of drug-likeness (QED) is 0.0423. The number of amides is 1. The molecule has 5 atom stereocenters. The molecule has 9 heterocycles. The van der Waals surface area contributed by atoms with Gasteiger partial charge >= 0.3 is 0 Å². The summed E-state index contributed by atoms with van der Waals surface area (Å²) in [5.74, 6) is 1.58. The summed E-state index contributed by atoms with van der Waals surface area (Å²) in [5, 5.41) is 30.8. The van der Waals surface area contributed by atoms with Crippen LogP contribution in [0.1, 0.15) is 129 Å². The minimum Gasteiger partial charge on any atom is -0.493 e. The molecule has 6 aliphatic heterocycles. The molecule has 90 heavy (non-hydrogen) atoms. The molecule has 6 fully saturated rings. The summed E-state index contributed by atoms with van der Waals surface area (Å²) >= 11 is 0. The van der Waals surface area contributed by atoms with Crippen LogP contribution in [0.25, 0.3) is 11.0 Å². The number of morpholine rings is 1. The summed E-state index contributed by atoms with van der Waals surface area (Å²) in [4.78, 5) is 52.5. The number of anilines is 4. The van der Waals surface area contributed by atoms with Crippen LogP contribution in [-0.4, -0.2) is 176 Å². The molecule has 0 radical (unpaired) electrons. The Labute approximate surface area is 527 Å². The van der Waals surface area contributed by atoms with Crippen LogP contribution in [0.3, 0.4) is 0 Å². The number of nitrogens with one attached hydrogen (secondary N) is 4. The van der Waals surface area contributed by atoms with Crippen LogP contribution in [0.2, 0.25) is 0 Å². The van der Waals surface area contributed by atoms with Gasteiger partial charge in [-0.05, 0) is 154 Å². The molecule has 22 nitrogen and oxygen atoms in total. The van der Waals surface area contributed by atoms with Crippen molar-refractivity contribution >= 4 is 55.5 Å². The van der Waals surface area contributed by atoms with Gasteiger partial charge in [0.1, 0.15) is 23.1 Å². The van der Waals surface area contributed by atoms with Crippen molar-refractivity contribution in [1.29, 1.82) is 0 Å². The predicted octanol–water partition coefficient (Wildman–Crippen LogP) is 8.81. The van der Waals surface area contributed by atoms with Gasteiger partial charge in [0.25, 0.3) is 21.6 Å². The largest absolute Gasteiger partial charge is 0.493 e. The third-order valence-electron chi connectivity index (χ3n) is 20.2. The topological polar surface area (TPSA) is 245 Å². The molecule has 0 spiro atoms. The van der Waals surface area contributed by atoms with Crippen molar-refractivity contribution in [2.75, 3.05) is 108 Å². The van der Waals surface area contributed by atoms with Crippen LogP contribution in [0, 0.1) is 16.0 Å². The molecule has 3 aromatic heterocycles. The molecule has 480 valence electrons. The fraction of sp³-hybridized carbons (Fsp3) is 0.537. The lowest BCUT2D eigenvalue weighted by Gasteiger charge is -2.52. The molecular formula is C67H86N12O10S. The van der Waals surface area contributed by atoms with Crippen molar-refractivity contribution in [1.82, 2.24) is 39.7 Å². The number of hydrogen-bond acceptors (Lipinski definition) is 19. The fourth-order valence-corrected chi connectivity index (χ4v) is 16.3. The van der Waals surface area contributed by atoms with Gasteiger partial charge in [0, 0.05) is 107 Å². The average Bonchev–Trinajstić information content (AvgIpc) is 1.07. The van der Waals surface area contributed by atoms with E-state index in [1.807, 2.05) is 37.5 Å². The third kappa shape index (κ3) is 13.0. The highest BCUT2D eigenvalue weighted by molar-refractivity contribution is 7.90. The number of benzene rings is 3. The number of methoxy groups -OCH3 is 1. The molecule has 1 saturated carbocycles. The summed E-state index contributed by atoms with van der Waals surface area (Å²) in [6.45, 7) is 16.3. The Morgan fingerprint density at radius 2 is 1.69 bits per heavy atom. The first-order chi connectivity index (χ1) is 43.6. The monoisotopic (exact) mass is 1250 g/mol. The van der Waals surface area contributed by atoms with Gasteiger partial charge in [-0.2, -0.15) is 4.98 Å². The number of piperidine rings is 2. The number of aliphatic hydroxyl groups is 1. The van der Waals surface area contributed by atoms with E-state index in [9.17, 15) is 23.6 Å². The van der Waals surface area contributed by atoms with E-state index >= 15 is 4.79 Å². The highest BCUT2D eigenvalue weighted by Gasteiger charge is 2.45. The zero-order valence-corrected chi connectivity index (χ0v) is 53.0. The van der Waals surface area contributed by atoms with E-state index in [-0.39, 0.29) is 47.9 Å². The number of sulfonamides is 1. The second-order valence-corrected chi connectivity index (χ2v) is 28.0. The van der Waals surface area contributed by atoms with E-state index in [0.29, 0.717) is 80.5 Å². The zero-order valence-electron chi connectivity index (χ0n) is 52.1. The van der Waals surface area contributed by atoms with Gasteiger partial charge in [-0.3, -0.25) is 29.6 Å². The maximum absolute atomic E-state index is 15.3. The molecule has 7 aliphatic rings. The van der Waals surface area contributed by atoms with Gasteiger partial charge in [-0.25, -0.2) is 18.1 Å². The van der Waals surface area contributed by atoms with E-state index in [4.69, 9.17) is 28.9 Å². The molecule has 6 aromatic rings. The van der Waals surface area contributed by atoms with Gasteiger partial charge in [-0.15, -0.1) is 0 Å². The molecule has 2 unspecified atom stereocenters. The number of pyridine rings is 2. The van der Waals surface area contributed by atoms with E-state index < -0.39 is 43.1 Å². The smallest absolute Gasteiger partial charge is 0.293 e. The van der Waals surface area contributed by atoms with E-state index in [1.54, 1.807) is 13.2 Å². The lowest BCUT2D eigenvalue weighted by Crippen LogP contribution is -2.56. The number of nitrogens with zero attached hydrogens (tertiary/aromatic N) is 8. The molecule has 5 saturated heterocycles. The standard InChI is InChI=1S/C67H86N12O10S/c1-43(2)51-7-5-6-8-52(51)60-41-74(40-45-33-61(86-4)64(71-39-45)75-28-31-87-32-29-75)26-27-77(60)49-18-25-76(48-16-22-68-23-17-48)56(36-49)46-9-11-53(57(34-46)78-55-19-30-88-42-62(55)89-66-59(78)35-47-15-24-69-63(47)72-66)65(80)73-90(84,85)50-10-12-54(58(37-50)79(82)83)70-38-44-13-20-67(3,81)21-14-44/h5-12,15,24,33-35,37,39,43-44,48-49,55-56,60,62,68,70,81H,13-14,16-23,25-32,36,38,40-42H2,1-4H3,(H,69,72)(H,73,80)/t44?,49?,55-,56?,60-,62-,67?/m0/s1. The summed E-state index contributed by atoms with van der Waals surface area (Å²) in [5.41, 5.74) is 5.70. The number of fused-ring (bicyclic) bond motifs is 3. The number of nitro benzene ring substituents is 1.